The molecule has 6 heteroatoms. The zero-order valence-electron chi connectivity index (χ0n) is 14.5. The minimum atomic E-state index is -1.66. The van der Waals surface area contributed by atoms with E-state index in [4.69, 9.17) is 9.16 Å². The van der Waals surface area contributed by atoms with E-state index in [2.05, 4.69) is 39.2 Å². The van der Waals surface area contributed by atoms with Crippen LogP contribution in [0.2, 0.25) is 18.1 Å². The Balaban J connectivity index is 3.70. The second kappa shape index (κ2) is 9.43. The van der Waals surface area contributed by atoms with Crippen LogP contribution in [0.5, 0.6) is 0 Å². The number of amides is 1. The number of nitrogens with one attached hydrogen (secondary N) is 1. The van der Waals surface area contributed by atoms with Crippen LogP contribution >= 0.6 is 0 Å². The Morgan fingerprint density at radius 2 is 1.90 bits per heavy atom. The zero-order valence-corrected chi connectivity index (χ0v) is 15.5. The summed E-state index contributed by atoms with van der Waals surface area (Å²) >= 11 is 0. The van der Waals surface area contributed by atoms with Crippen molar-refractivity contribution in [3.05, 3.63) is 0 Å². The van der Waals surface area contributed by atoms with Gasteiger partial charge in [-0.25, -0.2) is 4.79 Å². The van der Waals surface area contributed by atoms with E-state index >= 15 is 0 Å². The molecule has 5 nitrogen and oxygen atoms in total. The van der Waals surface area contributed by atoms with Crippen LogP contribution in [0.15, 0.2) is 0 Å². The van der Waals surface area contributed by atoms with Crippen LogP contribution in [0, 0.1) is 0 Å². The molecule has 2 N–H and O–H groups in total. The maximum Gasteiger partial charge on any atom is 0.407 e. The van der Waals surface area contributed by atoms with Crippen LogP contribution in [0.4, 0.5) is 4.79 Å². The Morgan fingerprint density at radius 3 is 2.43 bits per heavy atom. The smallest absolute Gasteiger partial charge is 0.407 e. The fraction of sp³-hybridized carbons (Fsp3) is 0.933. The highest BCUT2D eigenvalue weighted by molar-refractivity contribution is 6.74. The van der Waals surface area contributed by atoms with Crippen molar-refractivity contribution >= 4 is 14.4 Å². The molecule has 0 aliphatic carbocycles. The average Bonchev–Trinajstić information content (AvgIpc) is 2.35. The van der Waals surface area contributed by atoms with Crippen LogP contribution in [-0.4, -0.2) is 45.4 Å². The topological polar surface area (TPSA) is 67.8 Å². The summed E-state index contributed by atoms with van der Waals surface area (Å²) in [6.45, 7) is 14.2. The fourth-order valence-electron chi connectivity index (χ4n) is 1.51. The molecule has 0 aromatic rings. The number of hydrogen-bond donors (Lipinski definition) is 2. The van der Waals surface area contributed by atoms with Crippen molar-refractivity contribution in [2.45, 2.75) is 71.2 Å². The molecule has 0 aliphatic rings. The van der Waals surface area contributed by atoms with Gasteiger partial charge in [-0.3, -0.25) is 0 Å². The Kier molecular flexibility index (Phi) is 9.16. The molecule has 21 heavy (non-hydrogen) atoms. The molecule has 0 rings (SSSR count). The summed E-state index contributed by atoms with van der Waals surface area (Å²) in [5.74, 6) is 0. The monoisotopic (exact) mass is 319 g/mol. The molecule has 0 fully saturated rings. The molecule has 0 saturated heterocycles. The number of hydrogen-bond acceptors (Lipinski definition) is 4. The first-order valence-corrected chi connectivity index (χ1v) is 10.7. The lowest BCUT2D eigenvalue weighted by atomic mass is 10.1. The van der Waals surface area contributed by atoms with Crippen LogP contribution in [0.3, 0.4) is 0 Å². The quantitative estimate of drug-likeness (QED) is 0.505. The molecule has 126 valence electrons. The van der Waals surface area contributed by atoms with Gasteiger partial charge in [-0.15, -0.1) is 0 Å². The molecular formula is C15H33NO4Si. The summed E-state index contributed by atoms with van der Waals surface area (Å²) in [5.41, 5.74) is 0. The molecule has 0 spiro atoms. The Hall–Kier alpha value is -0.593. The van der Waals surface area contributed by atoms with E-state index in [-0.39, 0.29) is 11.6 Å². The Morgan fingerprint density at radius 1 is 1.29 bits per heavy atom. The summed E-state index contributed by atoms with van der Waals surface area (Å²) < 4.78 is 10.8. The van der Waals surface area contributed by atoms with Gasteiger partial charge < -0.3 is 19.6 Å². The summed E-state index contributed by atoms with van der Waals surface area (Å²) in [5, 5.41) is 12.5. The SMILES string of the molecule is CCOC(=O)NCC(O)CCCCO[Si](C)(C)C(C)(C)C. The summed E-state index contributed by atoms with van der Waals surface area (Å²) in [7, 11) is -1.66. The van der Waals surface area contributed by atoms with E-state index in [0.717, 1.165) is 19.4 Å². The van der Waals surface area contributed by atoms with Gasteiger partial charge in [-0.2, -0.15) is 0 Å². The van der Waals surface area contributed by atoms with Gasteiger partial charge >= 0.3 is 6.09 Å². The average molecular weight is 320 g/mol. The third kappa shape index (κ3) is 9.11. The molecule has 0 aliphatic heterocycles. The van der Waals surface area contributed by atoms with Crippen molar-refractivity contribution in [3.63, 3.8) is 0 Å². The molecule has 0 aromatic carbocycles. The maximum atomic E-state index is 11.1. The van der Waals surface area contributed by atoms with Gasteiger partial charge in [0, 0.05) is 13.2 Å². The third-order valence-electron chi connectivity index (χ3n) is 3.96. The number of aliphatic hydroxyl groups is 1. The van der Waals surface area contributed by atoms with Gasteiger partial charge in [0.05, 0.1) is 12.7 Å². The highest BCUT2D eigenvalue weighted by Gasteiger charge is 2.36. The van der Waals surface area contributed by atoms with Crippen LogP contribution < -0.4 is 5.32 Å². The number of unbranched alkanes of at least 4 members (excludes halogenated alkanes) is 1. The van der Waals surface area contributed by atoms with Gasteiger partial charge in [0.1, 0.15) is 0 Å². The predicted molar refractivity (Wildman–Crippen MR) is 88.0 cm³/mol. The van der Waals surface area contributed by atoms with Gasteiger partial charge in [0.2, 0.25) is 0 Å². The molecule has 0 aromatic heterocycles. The second-order valence-corrected chi connectivity index (χ2v) is 11.7. The standard InChI is InChI=1S/C15H33NO4Si/c1-7-19-14(18)16-12-13(17)10-8-9-11-20-21(5,6)15(2,3)4/h13,17H,7-12H2,1-6H3,(H,16,18). The fourth-order valence-corrected chi connectivity index (χ4v) is 2.60. The molecule has 0 bridgehead atoms. The van der Waals surface area contributed by atoms with Gasteiger partial charge in [0.25, 0.3) is 0 Å². The largest absolute Gasteiger partial charge is 0.450 e. The van der Waals surface area contributed by atoms with E-state index < -0.39 is 20.5 Å². The minimum Gasteiger partial charge on any atom is -0.450 e. The summed E-state index contributed by atoms with van der Waals surface area (Å²) in [4.78, 5) is 11.1. The van der Waals surface area contributed by atoms with Crippen LogP contribution in [0.1, 0.15) is 47.0 Å². The van der Waals surface area contributed by atoms with E-state index in [0.29, 0.717) is 13.0 Å². The lowest BCUT2D eigenvalue weighted by Crippen LogP contribution is -2.41. The minimum absolute atomic E-state index is 0.232. The van der Waals surface area contributed by atoms with Gasteiger partial charge in [0.15, 0.2) is 8.32 Å². The van der Waals surface area contributed by atoms with Gasteiger partial charge in [-0.05, 0) is 44.3 Å². The van der Waals surface area contributed by atoms with E-state index in [1.807, 2.05) is 0 Å². The van der Waals surface area contributed by atoms with Crippen molar-refractivity contribution in [3.8, 4) is 0 Å². The molecule has 1 unspecified atom stereocenters. The molecule has 0 radical (unpaired) electrons. The summed E-state index contributed by atoms with van der Waals surface area (Å²) in [6.07, 6.45) is 1.48. The number of ether oxygens (including phenoxy) is 1. The highest BCUT2D eigenvalue weighted by Crippen LogP contribution is 2.36. The molecule has 0 saturated carbocycles. The van der Waals surface area contributed by atoms with E-state index in [1.165, 1.54) is 0 Å². The first-order valence-electron chi connectivity index (χ1n) is 7.83. The number of carbonyl (C=O) groups is 1. The first kappa shape index (κ1) is 20.4. The van der Waals surface area contributed by atoms with Crippen molar-refractivity contribution in [2.75, 3.05) is 19.8 Å². The van der Waals surface area contributed by atoms with Crippen LogP contribution in [-0.2, 0) is 9.16 Å². The van der Waals surface area contributed by atoms with E-state index in [1.54, 1.807) is 6.92 Å². The molecule has 0 heterocycles. The van der Waals surface area contributed by atoms with Gasteiger partial charge in [-0.1, -0.05) is 20.8 Å². The molecule has 1 amide bonds. The highest BCUT2D eigenvalue weighted by atomic mass is 28.4. The lowest BCUT2D eigenvalue weighted by Gasteiger charge is -2.36. The first-order chi connectivity index (χ1) is 9.60. The molecule has 1 atom stereocenters. The maximum absolute atomic E-state index is 11.1. The number of alkyl carbamates (subject to hydrolysis) is 1. The number of rotatable bonds is 9. The third-order valence-corrected chi connectivity index (χ3v) is 8.50. The molecular weight excluding hydrogens is 286 g/mol. The second-order valence-electron chi connectivity index (χ2n) is 6.86. The van der Waals surface area contributed by atoms with Crippen molar-refractivity contribution in [1.82, 2.24) is 5.32 Å². The zero-order chi connectivity index (χ0) is 16.5. The van der Waals surface area contributed by atoms with Crippen molar-refractivity contribution in [1.29, 1.82) is 0 Å². The number of carbonyl (C=O) groups excluding carboxylic acids is 1. The van der Waals surface area contributed by atoms with Crippen molar-refractivity contribution in [2.24, 2.45) is 0 Å². The van der Waals surface area contributed by atoms with Crippen molar-refractivity contribution < 1.29 is 19.1 Å². The van der Waals surface area contributed by atoms with E-state index in [9.17, 15) is 9.90 Å². The van der Waals surface area contributed by atoms with Crippen LogP contribution in [0.25, 0.3) is 0 Å². The summed E-state index contributed by atoms with van der Waals surface area (Å²) in [6, 6.07) is 0. The Bertz CT molecular complexity index is 303. The Labute approximate surface area is 130 Å². The lowest BCUT2D eigenvalue weighted by molar-refractivity contribution is 0.129. The normalized spacial score (nSPS) is 13.9. The number of aliphatic hydroxyl groups excluding tert-OH is 1. The predicted octanol–water partition coefficient (Wildman–Crippen LogP) is 3.29.